The molecular formula is C21H22ClF3N2OS. The Morgan fingerprint density at radius 3 is 2.45 bits per heavy atom. The Kier molecular flexibility index (Phi) is 5.87. The van der Waals surface area contributed by atoms with Crippen LogP contribution in [0.1, 0.15) is 30.8 Å². The largest absolute Gasteiger partial charge is 0.418 e. The summed E-state index contributed by atoms with van der Waals surface area (Å²) in [7, 11) is 0. The highest BCUT2D eigenvalue weighted by molar-refractivity contribution is 7.19. The van der Waals surface area contributed by atoms with Gasteiger partial charge >= 0.3 is 6.18 Å². The standard InChI is InChI=1S/C21H22ClF3N2OS/c1-13-27-17-10-6-9-16(18(17)29-13)26-12-20(28,21(23,24)25)11-19(2,3)14-7-4-5-8-15(14)22/h4-10,26,28H,11-12H2,1-3H3. The molecule has 0 aliphatic rings. The summed E-state index contributed by atoms with van der Waals surface area (Å²) in [4.78, 5) is 4.35. The molecule has 3 nitrogen and oxygen atoms in total. The predicted molar refractivity (Wildman–Crippen MR) is 113 cm³/mol. The first-order valence-corrected chi connectivity index (χ1v) is 10.3. The van der Waals surface area contributed by atoms with Gasteiger partial charge in [0.05, 0.1) is 27.5 Å². The molecule has 1 heterocycles. The molecule has 0 aliphatic heterocycles. The summed E-state index contributed by atoms with van der Waals surface area (Å²) in [6.07, 6.45) is -5.37. The first kappa shape index (κ1) is 21.9. The van der Waals surface area contributed by atoms with E-state index in [2.05, 4.69) is 10.3 Å². The number of halogens is 4. The smallest absolute Gasteiger partial charge is 0.381 e. The summed E-state index contributed by atoms with van der Waals surface area (Å²) in [5.41, 5.74) is -2.16. The van der Waals surface area contributed by atoms with Crippen LogP contribution in [0.25, 0.3) is 10.2 Å². The van der Waals surface area contributed by atoms with Crippen LogP contribution < -0.4 is 5.32 Å². The number of thiazole rings is 1. The van der Waals surface area contributed by atoms with Crippen molar-refractivity contribution in [2.45, 2.75) is 44.4 Å². The van der Waals surface area contributed by atoms with Crippen molar-refractivity contribution in [1.82, 2.24) is 4.98 Å². The fraction of sp³-hybridized carbons (Fsp3) is 0.381. The van der Waals surface area contributed by atoms with Gasteiger partial charge in [0.1, 0.15) is 0 Å². The van der Waals surface area contributed by atoms with Gasteiger partial charge in [-0.05, 0) is 42.5 Å². The SMILES string of the molecule is Cc1nc2cccc(NCC(O)(CC(C)(C)c3ccccc3Cl)C(F)(F)F)c2s1. The molecule has 0 bridgehead atoms. The Morgan fingerprint density at radius 1 is 1.10 bits per heavy atom. The van der Waals surface area contributed by atoms with Gasteiger partial charge in [-0.2, -0.15) is 13.2 Å². The van der Waals surface area contributed by atoms with Gasteiger partial charge < -0.3 is 10.4 Å². The molecule has 3 rings (SSSR count). The molecule has 2 aromatic carbocycles. The zero-order valence-electron chi connectivity index (χ0n) is 16.3. The zero-order valence-corrected chi connectivity index (χ0v) is 17.8. The summed E-state index contributed by atoms with van der Waals surface area (Å²) in [6, 6.07) is 12.0. The normalized spacial score (nSPS) is 14.8. The second-order valence-corrected chi connectivity index (χ2v) is 9.42. The second-order valence-electron chi connectivity index (χ2n) is 7.81. The number of fused-ring (bicyclic) bond motifs is 1. The zero-order chi connectivity index (χ0) is 21.4. The summed E-state index contributed by atoms with van der Waals surface area (Å²) in [6.45, 7) is 4.46. The predicted octanol–water partition coefficient (Wildman–Crippen LogP) is 6.33. The summed E-state index contributed by atoms with van der Waals surface area (Å²) in [5, 5.41) is 14.7. The molecule has 0 saturated heterocycles. The molecule has 1 unspecified atom stereocenters. The third-order valence-electron chi connectivity index (χ3n) is 4.96. The average molecular weight is 443 g/mol. The van der Waals surface area contributed by atoms with Gasteiger partial charge in [0.25, 0.3) is 0 Å². The van der Waals surface area contributed by atoms with Crippen molar-refractivity contribution in [3.8, 4) is 0 Å². The molecule has 0 radical (unpaired) electrons. The van der Waals surface area contributed by atoms with E-state index in [1.807, 2.05) is 6.92 Å². The summed E-state index contributed by atoms with van der Waals surface area (Å²) in [5.74, 6) is 0. The molecule has 3 aromatic rings. The molecule has 0 amide bonds. The van der Waals surface area contributed by atoms with Crippen LogP contribution in [-0.2, 0) is 5.41 Å². The number of nitrogens with one attached hydrogen (secondary N) is 1. The molecule has 1 aromatic heterocycles. The molecule has 2 N–H and O–H groups in total. The van der Waals surface area contributed by atoms with Crippen molar-refractivity contribution >= 4 is 38.8 Å². The van der Waals surface area contributed by atoms with E-state index in [1.54, 1.807) is 56.3 Å². The van der Waals surface area contributed by atoms with E-state index in [1.165, 1.54) is 11.3 Å². The maximum absolute atomic E-state index is 13.9. The molecule has 29 heavy (non-hydrogen) atoms. The summed E-state index contributed by atoms with van der Waals surface area (Å²) >= 11 is 7.60. The van der Waals surface area contributed by atoms with E-state index in [0.29, 0.717) is 21.8 Å². The van der Waals surface area contributed by atoms with E-state index in [-0.39, 0.29) is 0 Å². The molecule has 0 spiro atoms. The third-order valence-corrected chi connectivity index (χ3v) is 6.31. The number of benzene rings is 2. The lowest BCUT2D eigenvalue weighted by Gasteiger charge is -2.38. The van der Waals surface area contributed by atoms with Crippen LogP contribution in [0.3, 0.4) is 0 Å². The topological polar surface area (TPSA) is 45.2 Å². The number of rotatable bonds is 6. The van der Waals surface area contributed by atoms with Crippen LogP contribution >= 0.6 is 22.9 Å². The molecule has 8 heteroatoms. The molecule has 0 saturated carbocycles. The Morgan fingerprint density at radius 2 is 1.79 bits per heavy atom. The van der Waals surface area contributed by atoms with Gasteiger partial charge in [0, 0.05) is 5.02 Å². The van der Waals surface area contributed by atoms with Gasteiger partial charge in [-0.25, -0.2) is 4.98 Å². The van der Waals surface area contributed by atoms with Crippen LogP contribution in [0.2, 0.25) is 5.02 Å². The Labute approximate surface area is 176 Å². The first-order valence-electron chi connectivity index (χ1n) is 9.07. The van der Waals surface area contributed by atoms with Crippen molar-refractivity contribution in [3.05, 3.63) is 58.1 Å². The van der Waals surface area contributed by atoms with Crippen molar-refractivity contribution in [3.63, 3.8) is 0 Å². The van der Waals surface area contributed by atoms with Crippen LogP contribution in [0.15, 0.2) is 42.5 Å². The van der Waals surface area contributed by atoms with E-state index in [9.17, 15) is 18.3 Å². The van der Waals surface area contributed by atoms with E-state index in [4.69, 9.17) is 11.6 Å². The third kappa shape index (κ3) is 4.52. The number of nitrogens with zero attached hydrogens (tertiary/aromatic N) is 1. The van der Waals surface area contributed by atoms with Crippen LogP contribution in [-0.4, -0.2) is 28.4 Å². The van der Waals surface area contributed by atoms with Crippen molar-refractivity contribution in [2.24, 2.45) is 0 Å². The van der Waals surface area contributed by atoms with Gasteiger partial charge in [0.2, 0.25) is 0 Å². The Bertz CT molecular complexity index is 1020. The highest BCUT2D eigenvalue weighted by Gasteiger charge is 2.56. The van der Waals surface area contributed by atoms with Crippen LogP contribution in [0, 0.1) is 6.92 Å². The monoisotopic (exact) mass is 442 g/mol. The van der Waals surface area contributed by atoms with Gasteiger partial charge in [-0.15, -0.1) is 11.3 Å². The minimum Gasteiger partial charge on any atom is -0.381 e. The molecule has 1 atom stereocenters. The Balaban J connectivity index is 1.90. The number of aryl methyl sites for hydroxylation is 1. The van der Waals surface area contributed by atoms with Gasteiger partial charge in [-0.1, -0.05) is 49.7 Å². The minimum atomic E-state index is -4.82. The van der Waals surface area contributed by atoms with Crippen LogP contribution in [0.5, 0.6) is 0 Å². The fourth-order valence-electron chi connectivity index (χ4n) is 3.54. The van der Waals surface area contributed by atoms with Gasteiger partial charge in [-0.3, -0.25) is 0 Å². The van der Waals surface area contributed by atoms with E-state index in [0.717, 1.165) is 9.71 Å². The number of aliphatic hydroxyl groups is 1. The number of hydrogen-bond donors (Lipinski definition) is 2. The molecular weight excluding hydrogens is 421 g/mol. The highest BCUT2D eigenvalue weighted by Crippen LogP contribution is 2.43. The quantitative estimate of drug-likeness (QED) is 0.468. The van der Waals surface area contributed by atoms with Crippen LogP contribution in [0.4, 0.5) is 18.9 Å². The number of anilines is 1. The Hall–Kier alpha value is -1.83. The number of hydrogen-bond acceptors (Lipinski definition) is 4. The summed E-state index contributed by atoms with van der Waals surface area (Å²) < 4.78 is 42.6. The lowest BCUT2D eigenvalue weighted by Crippen LogP contribution is -2.53. The average Bonchev–Trinajstić information content (AvgIpc) is 2.99. The maximum Gasteiger partial charge on any atom is 0.418 e. The van der Waals surface area contributed by atoms with E-state index >= 15 is 0 Å². The highest BCUT2D eigenvalue weighted by atomic mass is 35.5. The van der Waals surface area contributed by atoms with E-state index < -0.39 is 30.2 Å². The fourth-order valence-corrected chi connectivity index (χ4v) is 4.84. The van der Waals surface area contributed by atoms with Crippen molar-refractivity contribution in [2.75, 3.05) is 11.9 Å². The number of alkyl halides is 3. The minimum absolute atomic E-state index is 0.375. The second kappa shape index (κ2) is 7.78. The lowest BCUT2D eigenvalue weighted by atomic mass is 9.74. The lowest BCUT2D eigenvalue weighted by molar-refractivity contribution is -0.260. The van der Waals surface area contributed by atoms with Crippen molar-refractivity contribution < 1.29 is 18.3 Å². The number of aromatic nitrogens is 1. The molecule has 156 valence electrons. The maximum atomic E-state index is 13.9. The molecule has 0 fully saturated rings. The van der Waals surface area contributed by atoms with Crippen molar-refractivity contribution in [1.29, 1.82) is 0 Å². The molecule has 0 aliphatic carbocycles. The first-order chi connectivity index (χ1) is 13.4. The van der Waals surface area contributed by atoms with Gasteiger partial charge in [0.15, 0.2) is 5.60 Å².